The second-order valence-electron chi connectivity index (χ2n) is 5.85. The van der Waals surface area contributed by atoms with Crippen LogP contribution >= 0.6 is 22.7 Å². The van der Waals surface area contributed by atoms with E-state index in [9.17, 15) is 0 Å². The number of aromatic nitrogens is 2. The van der Waals surface area contributed by atoms with E-state index in [1.807, 2.05) is 19.2 Å². The number of nitrogens with zero attached hydrogens (tertiary/aromatic N) is 3. The maximum absolute atomic E-state index is 5.89. The Morgan fingerprint density at radius 2 is 2.26 bits per heavy atom. The van der Waals surface area contributed by atoms with Crippen molar-refractivity contribution in [2.45, 2.75) is 38.8 Å². The molecule has 0 radical (unpaired) electrons. The number of aryl methyl sites for hydroxylation is 1. The molecule has 0 unspecified atom stereocenters. The van der Waals surface area contributed by atoms with Gasteiger partial charge in [-0.15, -0.1) is 22.7 Å². The fraction of sp³-hybridized carbons (Fsp3) is 0.412. The minimum Gasteiger partial charge on any atom is -0.440 e. The number of hydrogen-bond acceptors (Lipinski definition) is 6. The van der Waals surface area contributed by atoms with Crippen molar-refractivity contribution in [3.8, 4) is 10.8 Å². The maximum atomic E-state index is 5.89. The summed E-state index contributed by atoms with van der Waals surface area (Å²) in [5.74, 6) is 1.67. The fourth-order valence-electron chi connectivity index (χ4n) is 3.13. The zero-order valence-electron chi connectivity index (χ0n) is 13.1. The van der Waals surface area contributed by atoms with Crippen molar-refractivity contribution < 1.29 is 4.42 Å². The van der Waals surface area contributed by atoms with Crippen LogP contribution in [0.3, 0.4) is 0 Å². The Morgan fingerprint density at radius 3 is 3.04 bits per heavy atom. The van der Waals surface area contributed by atoms with Crippen molar-refractivity contribution in [1.82, 2.24) is 14.9 Å². The van der Waals surface area contributed by atoms with Gasteiger partial charge in [0, 0.05) is 18.1 Å². The topological polar surface area (TPSA) is 42.2 Å². The molecule has 1 saturated heterocycles. The van der Waals surface area contributed by atoms with E-state index >= 15 is 0 Å². The van der Waals surface area contributed by atoms with Crippen molar-refractivity contribution in [3.05, 3.63) is 45.6 Å². The van der Waals surface area contributed by atoms with Crippen LogP contribution in [-0.4, -0.2) is 21.4 Å². The highest BCUT2D eigenvalue weighted by Crippen LogP contribution is 2.34. The molecule has 0 aromatic carbocycles. The Balaban J connectivity index is 1.57. The molecule has 4 heterocycles. The lowest BCUT2D eigenvalue weighted by molar-refractivity contribution is 0.138. The standard InChI is InChI=1S/C17H19N3OS2/c1-12-13(19-16(21-12)15-6-4-9-22-15)11-20-8-3-2-5-14(20)17-18-7-10-23-17/h4,6-7,9-10,14H,2-3,5,8,11H2,1H3/t14-/m0/s1. The average molecular weight is 345 g/mol. The van der Waals surface area contributed by atoms with E-state index in [1.54, 1.807) is 22.7 Å². The molecule has 120 valence electrons. The summed E-state index contributed by atoms with van der Waals surface area (Å²) in [7, 11) is 0. The molecule has 0 saturated carbocycles. The predicted molar refractivity (Wildman–Crippen MR) is 93.7 cm³/mol. The highest BCUT2D eigenvalue weighted by Gasteiger charge is 2.27. The molecule has 0 spiro atoms. The van der Waals surface area contributed by atoms with Crippen LogP contribution in [0.15, 0.2) is 33.5 Å². The summed E-state index contributed by atoms with van der Waals surface area (Å²) in [4.78, 5) is 12.9. The monoisotopic (exact) mass is 345 g/mol. The van der Waals surface area contributed by atoms with Gasteiger partial charge in [-0.1, -0.05) is 12.5 Å². The van der Waals surface area contributed by atoms with E-state index in [2.05, 4.69) is 26.7 Å². The molecule has 6 heteroatoms. The van der Waals surface area contributed by atoms with E-state index in [4.69, 9.17) is 9.40 Å². The van der Waals surface area contributed by atoms with Gasteiger partial charge in [0.25, 0.3) is 0 Å². The predicted octanol–water partition coefficient (Wildman–Crippen LogP) is 4.90. The second-order valence-corrected chi connectivity index (χ2v) is 7.73. The zero-order valence-corrected chi connectivity index (χ0v) is 14.7. The van der Waals surface area contributed by atoms with Crippen molar-refractivity contribution in [3.63, 3.8) is 0 Å². The van der Waals surface area contributed by atoms with Crippen molar-refractivity contribution in [2.75, 3.05) is 6.54 Å². The molecule has 1 aliphatic heterocycles. The van der Waals surface area contributed by atoms with E-state index in [0.717, 1.165) is 35.3 Å². The number of piperidine rings is 1. The third-order valence-corrected chi connectivity index (χ3v) is 6.06. The molecule has 3 aromatic rings. The lowest BCUT2D eigenvalue weighted by Crippen LogP contribution is -2.33. The summed E-state index contributed by atoms with van der Waals surface area (Å²) in [5.41, 5.74) is 1.05. The minimum atomic E-state index is 0.421. The second kappa shape index (κ2) is 6.55. The van der Waals surface area contributed by atoms with Gasteiger partial charge in [-0.3, -0.25) is 4.90 Å². The summed E-state index contributed by atoms with van der Waals surface area (Å²) in [6.45, 7) is 3.96. The average Bonchev–Trinajstić information content (AvgIpc) is 3.30. The number of rotatable bonds is 4. The summed E-state index contributed by atoms with van der Waals surface area (Å²) in [6, 6.07) is 4.51. The third-order valence-electron chi connectivity index (χ3n) is 4.33. The minimum absolute atomic E-state index is 0.421. The van der Waals surface area contributed by atoms with Crippen LogP contribution in [0.2, 0.25) is 0 Å². The molecule has 23 heavy (non-hydrogen) atoms. The van der Waals surface area contributed by atoms with Crippen molar-refractivity contribution >= 4 is 22.7 Å². The smallest absolute Gasteiger partial charge is 0.236 e. The van der Waals surface area contributed by atoms with Gasteiger partial charge in [0.05, 0.1) is 16.6 Å². The number of thiophene rings is 1. The first kappa shape index (κ1) is 15.1. The molecule has 4 nitrogen and oxygen atoms in total. The van der Waals surface area contributed by atoms with Crippen LogP contribution in [0.25, 0.3) is 10.8 Å². The quantitative estimate of drug-likeness (QED) is 0.675. The molecular weight excluding hydrogens is 326 g/mol. The van der Waals surface area contributed by atoms with Crippen LogP contribution in [0.4, 0.5) is 0 Å². The van der Waals surface area contributed by atoms with Gasteiger partial charge in [-0.05, 0) is 37.8 Å². The Morgan fingerprint density at radius 1 is 1.30 bits per heavy atom. The molecule has 0 bridgehead atoms. The van der Waals surface area contributed by atoms with Crippen LogP contribution in [-0.2, 0) is 6.54 Å². The van der Waals surface area contributed by atoms with Crippen LogP contribution < -0.4 is 0 Å². The SMILES string of the molecule is Cc1oc(-c2cccs2)nc1CN1CCCC[C@H]1c1nccs1. The van der Waals surface area contributed by atoms with Gasteiger partial charge in [-0.2, -0.15) is 0 Å². The van der Waals surface area contributed by atoms with Crippen LogP contribution in [0.5, 0.6) is 0 Å². The molecule has 0 aliphatic carbocycles. The molecule has 1 atom stereocenters. The summed E-state index contributed by atoms with van der Waals surface area (Å²) in [6.07, 6.45) is 5.61. The van der Waals surface area contributed by atoms with Crippen LogP contribution in [0.1, 0.15) is 41.8 Å². The first-order valence-electron chi connectivity index (χ1n) is 7.95. The Hall–Kier alpha value is -1.50. The number of hydrogen-bond donors (Lipinski definition) is 0. The summed E-state index contributed by atoms with van der Waals surface area (Å²) >= 11 is 3.42. The van der Waals surface area contributed by atoms with E-state index in [-0.39, 0.29) is 0 Å². The van der Waals surface area contributed by atoms with Crippen molar-refractivity contribution in [1.29, 1.82) is 0 Å². The maximum Gasteiger partial charge on any atom is 0.236 e. The third kappa shape index (κ3) is 3.11. The molecule has 0 N–H and O–H groups in total. The van der Waals surface area contributed by atoms with Crippen LogP contribution in [0, 0.1) is 6.92 Å². The largest absolute Gasteiger partial charge is 0.440 e. The Labute approximate surface area is 143 Å². The number of likely N-dealkylation sites (tertiary alicyclic amines) is 1. The van der Waals surface area contributed by atoms with Gasteiger partial charge in [0.2, 0.25) is 5.89 Å². The lowest BCUT2D eigenvalue weighted by atomic mass is 10.0. The molecule has 1 fully saturated rings. The van der Waals surface area contributed by atoms with E-state index < -0.39 is 0 Å². The molecule has 0 amide bonds. The molecular formula is C17H19N3OS2. The highest BCUT2D eigenvalue weighted by molar-refractivity contribution is 7.13. The van der Waals surface area contributed by atoms with E-state index in [0.29, 0.717) is 6.04 Å². The zero-order chi connectivity index (χ0) is 15.6. The van der Waals surface area contributed by atoms with Gasteiger partial charge < -0.3 is 4.42 Å². The van der Waals surface area contributed by atoms with Gasteiger partial charge in [-0.25, -0.2) is 9.97 Å². The van der Waals surface area contributed by atoms with Gasteiger partial charge >= 0.3 is 0 Å². The first-order valence-corrected chi connectivity index (χ1v) is 9.71. The first-order chi connectivity index (χ1) is 11.3. The molecule has 3 aromatic heterocycles. The van der Waals surface area contributed by atoms with Gasteiger partial charge in [0.1, 0.15) is 10.8 Å². The number of oxazole rings is 1. The Kier molecular flexibility index (Phi) is 4.29. The highest BCUT2D eigenvalue weighted by atomic mass is 32.1. The van der Waals surface area contributed by atoms with E-state index in [1.165, 1.54) is 24.3 Å². The van der Waals surface area contributed by atoms with Crippen molar-refractivity contribution in [2.24, 2.45) is 0 Å². The Bertz CT molecular complexity index is 749. The number of thiazole rings is 1. The van der Waals surface area contributed by atoms with Gasteiger partial charge in [0.15, 0.2) is 0 Å². The fourth-order valence-corrected chi connectivity index (χ4v) is 4.59. The lowest BCUT2D eigenvalue weighted by Gasteiger charge is -2.33. The summed E-state index contributed by atoms with van der Waals surface area (Å²) in [5, 5.41) is 5.35. The molecule has 1 aliphatic rings. The normalized spacial score (nSPS) is 19.3. The summed E-state index contributed by atoms with van der Waals surface area (Å²) < 4.78 is 5.89. The molecule has 4 rings (SSSR count).